The van der Waals surface area contributed by atoms with Gasteiger partial charge >= 0.3 is 0 Å². The Hall–Kier alpha value is -2.84. The number of nitrogens with zero attached hydrogens (tertiary/aromatic N) is 1. The Morgan fingerprint density at radius 3 is 2.56 bits per heavy atom. The zero-order chi connectivity index (χ0) is 19.4. The molecular weight excluding hydrogens is 384 g/mol. The van der Waals surface area contributed by atoms with Gasteiger partial charge in [-0.2, -0.15) is 5.01 Å². The van der Waals surface area contributed by atoms with Crippen molar-refractivity contribution in [3.63, 3.8) is 0 Å². The van der Waals surface area contributed by atoms with E-state index in [9.17, 15) is 9.59 Å². The molecule has 1 N–H and O–H groups in total. The molecule has 2 aromatic carbocycles. The second-order valence-electron chi connectivity index (χ2n) is 5.43. The number of hydrogen-bond donors (Lipinski definition) is 1. The molecule has 0 saturated carbocycles. The van der Waals surface area contributed by atoms with Gasteiger partial charge < -0.3 is 9.47 Å². The van der Waals surface area contributed by atoms with Crippen LogP contribution in [0.25, 0.3) is 6.08 Å². The Morgan fingerprint density at radius 2 is 1.89 bits per heavy atom. The van der Waals surface area contributed by atoms with Crippen LogP contribution in [0, 0.1) is 0 Å². The van der Waals surface area contributed by atoms with Crippen molar-refractivity contribution in [3.05, 3.63) is 64.6 Å². The third-order valence-corrected chi connectivity index (χ3v) is 5.07. The van der Waals surface area contributed by atoms with Crippen molar-refractivity contribution in [2.75, 3.05) is 14.2 Å². The van der Waals surface area contributed by atoms with Gasteiger partial charge in [-0.3, -0.25) is 15.0 Å². The lowest BCUT2D eigenvalue weighted by molar-refractivity contribution is -0.123. The maximum Gasteiger partial charge on any atom is 0.285 e. The summed E-state index contributed by atoms with van der Waals surface area (Å²) in [7, 11) is 3.11. The van der Waals surface area contributed by atoms with E-state index in [0.29, 0.717) is 27.5 Å². The van der Waals surface area contributed by atoms with Crippen LogP contribution in [0.5, 0.6) is 11.5 Å². The van der Waals surface area contributed by atoms with E-state index in [4.69, 9.17) is 21.7 Å². The highest BCUT2D eigenvalue weighted by Crippen LogP contribution is 2.34. The van der Waals surface area contributed by atoms with Gasteiger partial charge in [0.05, 0.1) is 19.1 Å². The van der Waals surface area contributed by atoms with Gasteiger partial charge in [0.15, 0.2) is 4.32 Å². The summed E-state index contributed by atoms with van der Waals surface area (Å²) in [5.41, 5.74) is 3.66. The molecule has 1 heterocycles. The summed E-state index contributed by atoms with van der Waals surface area (Å²) in [6.07, 6.45) is 1.66. The molecule has 0 aromatic heterocycles. The molecule has 0 radical (unpaired) electrons. The fourth-order valence-electron chi connectivity index (χ4n) is 2.41. The van der Waals surface area contributed by atoms with Gasteiger partial charge in [0.25, 0.3) is 11.8 Å². The van der Waals surface area contributed by atoms with Crippen LogP contribution in [0.2, 0.25) is 0 Å². The third-order valence-electron chi connectivity index (χ3n) is 3.77. The average molecular weight is 400 g/mol. The minimum Gasteiger partial charge on any atom is -0.497 e. The van der Waals surface area contributed by atoms with E-state index in [0.717, 1.165) is 16.8 Å². The Kier molecular flexibility index (Phi) is 5.78. The molecule has 2 amide bonds. The number of nitrogens with one attached hydrogen (secondary N) is 1. The fourth-order valence-corrected chi connectivity index (χ4v) is 3.58. The zero-order valence-corrected chi connectivity index (χ0v) is 16.2. The number of carbonyl (C=O) groups is 2. The van der Waals surface area contributed by atoms with Crippen LogP contribution in [0.15, 0.2) is 53.4 Å². The Labute approximate surface area is 166 Å². The largest absolute Gasteiger partial charge is 0.497 e. The molecule has 8 heteroatoms. The molecule has 1 saturated heterocycles. The van der Waals surface area contributed by atoms with Crippen LogP contribution < -0.4 is 14.9 Å². The number of rotatable bonds is 5. The second-order valence-corrected chi connectivity index (χ2v) is 7.11. The first-order valence-corrected chi connectivity index (χ1v) is 9.12. The minimum atomic E-state index is -0.410. The standard InChI is InChI=1S/C19H16N2O4S2/c1-24-14-8-9-15(25-2)13(10-14)11-16-18(23)21(19(26)27-16)20-17(22)12-6-4-3-5-7-12/h3-11H,1-2H3,(H,20,22)/b16-11-. The third kappa shape index (κ3) is 4.12. The first-order chi connectivity index (χ1) is 13.0. The molecule has 0 unspecified atom stereocenters. The van der Waals surface area contributed by atoms with Crippen LogP contribution in [0.1, 0.15) is 15.9 Å². The molecular formula is C19H16N2O4S2. The maximum atomic E-state index is 12.7. The summed E-state index contributed by atoms with van der Waals surface area (Å²) >= 11 is 6.35. The molecule has 138 valence electrons. The number of hydrazine groups is 1. The van der Waals surface area contributed by atoms with Gasteiger partial charge in [-0.05, 0) is 48.6 Å². The van der Waals surface area contributed by atoms with Crippen molar-refractivity contribution in [3.8, 4) is 11.5 Å². The van der Waals surface area contributed by atoms with Crippen molar-refractivity contribution in [2.45, 2.75) is 0 Å². The summed E-state index contributed by atoms with van der Waals surface area (Å²) in [6.45, 7) is 0. The summed E-state index contributed by atoms with van der Waals surface area (Å²) in [5.74, 6) is 0.413. The van der Waals surface area contributed by atoms with Gasteiger partial charge in [0.1, 0.15) is 11.5 Å². The lowest BCUT2D eigenvalue weighted by Gasteiger charge is -2.15. The summed E-state index contributed by atoms with van der Waals surface area (Å²) in [4.78, 5) is 25.4. The second kappa shape index (κ2) is 8.24. The van der Waals surface area contributed by atoms with Crippen LogP contribution in [-0.4, -0.2) is 35.4 Å². The highest BCUT2D eigenvalue weighted by molar-refractivity contribution is 8.26. The average Bonchev–Trinajstić information content (AvgIpc) is 2.95. The number of methoxy groups -OCH3 is 2. The van der Waals surface area contributed by atoms with Crippen molar-refractivity contribution in [1.29, 1.82) is 0 Å². The van der Waals surface area contributed by atoms with Gasteiger partial charge in [0, 0.05) is 11.1 Å². The van der Waals surface area contributed by atoms with E-state index in [1.54, 1.807) is 68.8 Å². The summed E-state index contributed by atoms with van der Waals surface area (Å²) in [5, 5.41) is 1.08. The van der Waals surface area contributed by atoms with E-state index >= 15 is 0 Å². The Bertz CT molecular complexity index is 929. The number of ether oxygens (including phenoxy) is 2. The van der Waals surface area contributed by atoms with E-state index in [2.05, 4.69) is 5.43 Å². The van der Waals surface area contributed by atoms with E-state index in [1.165, 1.54) is 0 Å². The molecule has 1 aliphatic heterocycles. The smallest absolute Gasteiger partial charge is 0.285 e. The Morgan fingerprint density at radius 1 is 1.15 bits per heavy atom. The number of thiocarbonyl (C=S) groups is 1. The molecule has 1 fully saturated rings. The predicted molar refractivity (Wildman–Crippen MR) is 108 cm³/mol. The van der Waals surface area contributed by atoms with Gasteiger partial charge in [-0.15, -0.1) is 0 Å². The number of amides is 2. The van der Waals surface area contributed by atoms with Crippen molar-refractivity contribution >= 4 is 46.2 Å². The van der Waals surface area contributed by atoms with Crippen LogP contribution >= 0.6 is 24.0 Å². The highest BCUT2D eigenvalue weighted by Gasteiger charge is 2.34. The normalized spacial score (nSPS) is 15.2. The monoisotopic (exact) mass is 400 g/mol. The van der Waals surface area contributed by atoms with Gasteiger partial charge in [-0.1, -0.05) is 30.0 Å². The lowest BCUT2D eigenvalue weighted by Crippen LogP contribution is -2.44. The molecule has 0 bridgehead atoms. The van der Waals surface area contributed by atoms with E-state index in [-0.39, 0.29) is 4.32 Å². The van der Waals surface area contributed by atoms with Crippen LogP contribution in [-0.2, 0) is 4.79 Å². The molecule has 6 nitrogen and oxygen atoms in total. The zero-order valence-electron chi connectivity index (χ0n) is 14.6. The first-order valence-electron chi connectivity index (χ1n) is 7.89. The molecule has 0 spiro atoms. The number of hydrogen-bond acceptors (Lipinski definition) is 6. The van der Waals surface area contributed by atoms with Crippen molar-refractivity contribution < 1.29 is 19.1 Å². The first kappa shape index (κ1) is 18.9. The van der Waals surface area contributed by atoms with Gasteiger partial charge in [-0.25, -0.2) is 0 Å². The fraction of sp³-hybridized carbons (Fsp3) is 0.105. The van der Waals surface area contributed by atoms with Crippen LogP contribution in [0.3, 0.4) is 0 Å². The minimum absolute atomic E-state index is 0.248. The summed E-state index contributed by atoms with van der Waals surface area (Å²) in [6, 6.07) is 13.9. The number of carbonyl (C=O) groups excluding carboxylic acids is 2. The van der Waals surface area contributed by atoms with Crippen molar-refractivity contribution in [1.82, 2.24) is 10.4 Å². The lowest BCUT2D eigenvalue weighted by atomic mass is 10.1. The van der Waals surface area contributed by atoms with E-state index < -0.39 is 11.8 Å². The van der Waals surface area contributed by atoms with Crippen molar-refractivity contribution in [2.24, 2.45) is 0 Å². The number of benzene rings is 2. The molecule has 1 aliphatic rings. The quantitative estimate of drug-likeness (QED) is 0.614. The topological polar surface area (TPSA) is 67.9 Å². The highest BCUT2D eigenvalue weighted by atomic mass is 32.2. The number of thioether (sulfide) groups is 1. The molecule has 0 atom stereocenters. The maximum absolute atomic E-state index is 12.7. The molecule has 0 aliphatic carbocycles. The summed E-state index contributed by atoms with van der Waals surface area (Å²) < 4.78 is 10.8. The molecule has 3 rings (SSSR count). The predicted octanol–water partition coefficient (Wildman–Crippen LogP) is 3.25. The van der Waals surface area contributed by atoms with Gasteiger partial charge in [0.2, 0.25) is 0 Å². The SMILES string of the molecule is COc1ccc(OC)c(/C=C2\SC(=S)N(NC(=O)c3ccccc3)C2=O)c1. The van der Waals surface area contributed by atoms with Crippen LogP contribution in [0.4, 0.5) is 0 Å². The Balaban J connectivity index is 1.84. The molecule has 2 aromatic rings. The van der Waals surface area contributed by atoms with E-state index in [1.807, 2.05) is 0 Å². The molecule has 27 heavy (non-hydrogen) atoms.